The number of amides is 1. The number of carbonyl (C=O) groups is 2. The molecule has 1 saturated heterocycles. The first kappa shape index (κ1) is 17.0. The SMILES string of the molecule is Cc1noc2nc(C3CC3)cc(C(=O)N3CCCC(CCC(=O)O)C3)c12. The number of carboxylic acids is 1. The summed E-state index contributed by atoms with van der Waals surface area (Å²) in [6, 6.07) is 1.91. The highest BCUT2D eigenvalue weighted by Gasteiger charge is 2.31. The van der Waals surface area contributed by atoms with Crippen LogP contribution in [-0.4, -0.2) is 45.1 Å². The van der Waals surface area contributed by atoms with Gasteiger partial charge in [0.25, 0.3) is 11.6 Å². The molecule has 0 radical (unpaired) electrons. The van der Waals surface area contributed by atoms with Gasteiger partial charge in [-0.15, -0.1) is 0 Å². The number of carboxylic acid groups (broad SMARTS) is 1. The van der Waals surface area contributed by atoms with Crippen molar-refractivity contribution < 1.29 is 19.2 Å². The molecule has 0 aromatic carbocycles. The highest BCUT2D eigenvalue weighted by molar-refractivity contribution is 6.06. The number of carbonyl (C=O) groups excluding carboxylic acids is 1. The lowest BCUT2D eigenvalue weighted by Crippen LogP contribution is -2.40. The molecule has 2 aromatic rings. The van der Waals surface area contributed by atoms with Crippen LogP contribution in [0.25, 0.3) is 11.1 Å². The molecule has 3 heterocycles. The van der Waals surface area contributed by atoms with Gasteiger partial charge >= 0.3 is 5.97 Å². The van der Waals surface area contributed by atoms with Crippen molar-refractivity contribution in [2.24, 2.45) is 5.92 Å². The molecule has 1 N–H and O–H groups in total. The Hall–Kier alpha value is -2.44. The molecule has 1 aliphatic carbocycles. The zero-order valence-electron chi connectivity index (χ0n) is 14.9. The smallest absolute Gasteiger partial charge is 0.303 e. The molecular formula is C19H23N3O4. The third kappa shape index (κ3) is 3.30. The first-order chi connectivity index (χ1) is 12.5. The van der Waals surface area contributed by atoms with Crippen LogP contribution in [0.4, 0.5) is 0 Å². The van der Waals surface area contributed by atoms with E-state index < -0.39 is 5.97 Å². The van der Waals surface area contributed by atoms with E-state index in [0.717, 1.165) is 31.4 Å². The molecule has 2 aliphatic rings. The van der Waals surface area contributed by atoms with Gasteiger partial charge in [-0.25, -0.2) is 4.98 Å². The van der Waals surface area contributed by atoms with E-state index in [2.05, 4.69) is 10.1 Å². The van der Waals surface area contributed by atoms with Crippen LogP contribution in [0, 0.1) is 12.8 Å². The molecule has 1 saturated carbocycles. The average Bonchev–Trinajstić information content (AvgIpc) is 3.43. The van der Waals surface area contributed by atoms with E-state index in [4.69, 9.17) is 9.63 Å². The van der Waals surface area contributed by atoms with Crippen molar-refractivity contribution in [2.75, 3.05) is 13.1 Å². The minimum atomic E-state index is -0.779. The molecule has 1 amide bonds. The van der Waals surface area contributed by atoms with E-state index in [1.807, 2.05) is 17.9 Å². The van der Waals surface area contributed by atoms with E-state index in [1.165, 1.54) is 0 Å². The molecule has 2 aromatic heterocycles. The van der Waals surface area contributed by atoms with E-state index in [-0.39, 0.29) is 18.2 Å². The first-order valence-corrected chi connectivity index (χ1v) is 9.31. The van der Waals surface area contributed by atoms with Crippen LogP contribution >= 0.6 is 0 Å². The minimum Gasteiger partial charge on any atom is -0.481 e. The Labute approximate surface area is 151 Å². The number of rotatable bonds is 5. The van der Waals surface area contributed by atoms with Crippen LogP contribution < -0.4 is 0 Å². The number of nitrogens with zero attached hydrogens (tertiary/aromatic N) is 3. The van der Waals surface area contributed by atoms with Crippen molar-refractivity contribution in [3.8, 4) is 0 Å². The molecule has 0 spiro atoms. The fourth-order valence-corrected chi connectivity index (χ4v) is 3.85. The number of fused-ring (bicyclic) bond motifs is 1. The Morgan fingerprint density at radius 1 is 1.35 bits per heavy atom. The van der Waals surface area contributed by atoms with Crippen LogP contribution in [0.5, 0.6) is 0 Å². The number of likely N-dealkylation sites (tertiary alicyclic amines) is 1. The lowest BCUT2D eigenvalue weighted by Gasteiger charge is -2.33. The highest BCUT2D eigenvalue weighted by Crippen LogP contribution is 2.40. The van der Waals surface area contributed by atoms with Crippen molar-refractivity contribution >= 4 is 23.0 Å². The molecule has 138 valence electrons. The third-order valence-corrected chi connectivity index (χ3v) is 5.44. The summed E-state index contributed by atoms with van der Waals surface area (Å²) in [6.45, 7) is 3.14. The fraction of sp³-hybridized carbons (Fsp3) is 0.579. The summed E-state index contributed by atoms with van der Waals surface area (Å²) in [5.74, 6) is -0.141. The molecule has 2 fully saturated rings. The molecule has 7 heteroatoms. The van der Waals surface area contributed by atoms with Crippen LogP contribution in [0.15, 0.2) is 10.6 Å². The van der Waals surface area contributed by atoms with E-state index in [9.17, 15) is 9.59 Å². The zero-order chi connectivity index (χ0) is 18.3. The van der Waals surface area contributed by atoms with Crippen molar-refractivity contribution in [3.63, 3.8) is 0 Å². The van der Waals surface area contributed by atoms with Crippen molar-refractivity contribution in [1.82, 2.24) is 15.0 Å². The number of aryl methyl sites for hydroxylation is 1. The predicted molar refractivity (Wildman–Crippen MR) is 94.0 cm³/mol. The summed E-state index contributed by atoms with van der Waals surface area (Å²) in [5.41, 5.74) is 2.65. The second kappa shape index (κ2) is 6.70. The maximum atomic E-state index is 13.3. The Bertz CT molecular complexity index is 856. The van der Waals surface area contributed by atoms with Gasteiger partial charge in [0, 0.05) is 31.1 Å². The summed E-state index contributed by atoms with van der Waals surface area (Å²) in [4.78, 5) is 30.5. The van der Waals surface area contributed by atoms with Gasteiger partial charge in [0.05, 0.1) is 16.6 Å². The molecule has 7 nitrogen and oxygen atoms in total. The molecule has 26 heavy (non-hydrogen) atoms. The third-order valence-electron chi connectivity index (χ3n) is 5.44. The van der Waals surface area contributed by atoms with Gasteiger partial charge in [-0.2, -0.15) is 0 Å². The molecule has 4 rings (SSSR count). The van der Waals surface area contributed by atoms with Gasteiger partial charge < -0.3 is 14.5 Å². The fourth-order valence-electron chi connectivity index (χ4n) is 3.85. The monoisotopic (exact) mass is 357 g/mol. The average molecular weight is 357 g/mol. The maximum Gasteiger partial charge on any atom is 0.303 e. The lowest BCUT2D eigenvalue weighted by molar-refractivity contribution is -0.137. The van der Waals surface area contributed by atoms with Gasteiger partial charge in [0.15, 0.2) is 0 Å². The maximum absolute atomic E-state index is 13.3. The van der Waals surface area contributed by atoms with Crippen LogP contribution in [0.1, 0.15) is 66.2 Å². The quantitative estimate of drug-likeness (QED) is 0.883. The van der Waals surface area contributed by atoms with Gasteiger partial charge in [-0.05, 0) is 51.0 Å². The number of pyridine rings is 1. The highest BCUT2D eigenvalue weighted by atomic mass is 16.5. The summed E-state index contributed by atoms with van der Waals surface area (Å²) in [6.07, 6.45) is 4.85. The molecule has 1 atom stereocenters. The Kier molecular flexibility index (Phi) is 4.38. The Morgan fingerprint density at radius 2 is 2.15 bits per heavy atom. The van der Waals surface area contributed by atoms with Crippen molar-refractivity contribution in [1.29, 1.82) is 0 Å². The van der Waals surface area contributed by atoms with Crippen LogP contribution in [0.2, 0.25) is 0 Å². The van der Waals surface area contributed by atoms with Crippen LogP contribution in [0.3, 0.4) is 0 Å². The van der Waals surface area contributed by atoms with Gasteiger partial charge in [0.1, 0.15) is 0 Å². The first-order valence-electron chi connectivity index (χ1n) is 9.31. The standard InChI is InChI=1S/C19H23N3O4/c1-11-17-14(9-15(13-5-6-13)20-18(17)26-21-11)19(25)22-8-2-3-12(10-22)4-7-16(23)24/h9,12-13H,2-8,10H2,1H3,(H,23,24). The van der Waals surface area contributed by atoms with Gasteiger partial charge in [-0.3, -0.25) is 9.59 Å². The number of hydrogen-bond acceptors (Lipinski definition) is 5. The predicted octanol–water partition coefficient (Wildman–Crippen LogP) is 3.13. The van der Waals surface area contributed by atoms with Crippen molar-refractivity contribution in [3.05, 3.63) is 23.0 Å². The summed E-state index contributed by atoms with van der Waals surface area (Å²) in [5, 5.41) is 13.6. The van der Waals surface area contributed by atoms with E-state index in [1.54, 1.807) is 0 Å². The minimum absolute atomic E-state index is 0.0226. The van der Waals surface area contributed by atoms with E-state index in [0.29, 0.717) is 47.8 Å². The molecule has 0 bridgehead atoms. The second-order valence-electron chi connectivity index (χ2n) is 7.51. The van der Waals surface area contributed by atoms with Gasteiger partial charge in [-0.1, -0.05) is 5.16 Å². The van der Waals surface area contributed by atoms with Crippen LogP contribution in [-0.2, 0) is 4.79 Å². The summed E-state index contributed by atoms with van der Waals surface area (Å²) < 4.78 is 5.33. The number of piperidine rings is 1. The number of aromatic nitrogens is 2. The zero-order valence-corrected chi connectivity index (χ0v) is 14.9. The molecule has 1 unspecified atom stereocenters. The van der Waals surface area contributed by atoms with E-state index >= 15 is 0 Å². The number of hydrogen-bond donors (Lipinski definition) is 1. The molecular weight excluding hydrogens is 334 g/mol. The largest absolute Gasteiger partial charge is 0.481 e. The van der Waals surface area contributed by atoms with Gasteiger partial charge in [0.2, 0.25) is 0 Å². The Balaban J connectivity index is 1.61. The Morgan fingerprint density at radius 3 is 2.88 bits per heavy atom. The molecule has 1 aliphatic heterocycles. The summed E-state index contributed by atoms with van der Waals surface area (Å²) in [7, 11) is 0. The summed E-state index contributed by atoms with van der Waals surface area (Å²) >= 11 is 0. The lowest BCUT2D eigenvalue weighted by atomic mass is 9.92. The normalized spacial score (nSPS) is 20.5. The topological polar surface area (TPSA) is 96.5 Å². The number of aliphatic carboxylic acids is 1. The van der Waals surface area contributed by atoms with Crippen molar-refractivity contribution in [2.45, 2.75) is 51.4 Å². The second-order valence-corrected chi connectivity index (χ2v) is 7.51.